The van der Waals surface area contributed by atoms with Gasteiger partial charge in [-0.05, 0) is 36.6 Å². The number of carbonyl (C=O) groups is 1. The molecule has 0 unspecified atom stereocenters. The zero-order valence-corrected chi connectivity index (χ0v) is 12.4. The molecule has 0 fully saturated rings. The summed E-state index contributed by atoms with van der Waals surface area (Å²) in [5.74, 6) is 0.0631. The Morgan fingerprint density at radius 3 is 2.65 bits per heavy atom. The van der Waals surface area contributed by atoms with Gasteiger partial charge in [-0.3, -0.25) is 4.79 Å². The van der Waals surface area contributed by atoms with Crippen LogP contribution in [0.25, 0.3) is 6.20 Å². The fourth-order valence-corrected chi connectivity index (χ4v) is 2.42. The number of benzene rings is 1. The number of nitrogens with zero attached hydrogens (tertiary/aromatic N) is 1. The van der Waals surface area contributed by atoms with Gasteiger partial charge in [0.1, 0.15) is 0 Å². The number of ketones is 1. The second kappa shape index (κ2) is 6.59. The van der Waals surface area contributed by atoms with Crippen LogP contribution in [0.15, 0.2) is 53.7 Å². The zero-order chi connectivity index (χ0) is 14.5. The van der Waals surface area contributed by atoms with E-state index in [0.29, 0.717) is 15.6 Å². The van der Waals surface area contributed by atoms with Crippen molar-refractivity contribution in [1.82, 2.24) is 0 Å². The van der Waals surface area contributed by atoms with Gasteiger partial charge in [0.25, 0.3) is 5.03 Å². The molecule has 2 rings (SSSR count). The van der Waals surface area contributed by atoms with Crippen molar-refractivity contribution in [3.05, 3.63) is 59.3 Å². The topological polar surface area (TPSA) is 41.2 Å². The van der Waals surface area contributed by atoms with Gasteiger partial charge in [0.05, 0.1) is 6.08 Å². The van der Waals surface area contributed by atoms with E-state index in [1.165, 1.54) is 17.8 Å². The Morgan fingerprint density at radius 1 is 1.30 bits per heavy atom. The number of hydrogen-bond acceptors (Lipinski definition) is 3. The van der Waals surface area contributed by atoms with E-state index in [4.69, 9.17) is 11.6 Å². The Hall–Kier alpha value is -1.78. The number of allylic oxidation sites excluding steroid dienone is 1. The summed E-state index contributed by atoms with van der Waals surface area (Å²) in [6, 6.07) is 10.0. The zero-order valence-electron chi connectivity index (χ0n) is 10.8. The van der Waals surface area contributed by atoms with Crippen molar-refractivity contribution in [3.63, 3.8) is 0 Å². The highest BCUT2D eigenvalue weighted by Gasteiger charge is 2.12. The highest BCUT2D eigenvalue weighted by molar-refractivity contribution is 7.98. The Balaban J connectivity index is 2.23. The van der Waals surface area contributed by atoms with E-state index >= 15 is 0 Å². The van der Waals surface area contributed by atoms with Crippen LogP contribution in [-0.4, -0.2) is 17.1 Å². The van der Waals surface area contributed by atoms with E-state index in [9.17, 15) is 9.90 Å². The molecular formula is C15H13ClNO2S+. The normalized spacial score (nSPS) is 10.9. The van der Waals surface area contributed by atoms with Crippen LogP contribution in [0.1, 0.15) is 10.4 Å². The number of hydrogen-bond donors (Lipinski definition) is 1. The SMILES string of the molecule is CSc1c(O)ccc[n+]1C=CC(=O)c1ccc(Cl)cc1. The lowest BCUT2D eigenvalue weighted by atomic mass is 10.1. The fraction of sp³-hybridized carbons (Fsp3) is 0.0667. The molecule has 3 nitrogen and oxygen atoms in total. The summed E-state index contributed by atoms with van der Waals surface area (Å²) in [7, 11) is 0. The van der Waals surface area contributed by atoms with Crippen LogP contribution in [-0.2, 0) is 0 Å². The van der Waals surface area contributed by atoms with Crippen molar-refractivity contribution in [1.29, 1.82) is 0 Å². The maximum absolute atomic E-state index is 12.0. The van der Waals surface area contributed by atoms with Gasteiger partial charge in [0, 0.05) is 16.7 Å². The Kier molecular flexibility index (Phi) is 4.82. The monoisotopic (exact) mass is 306 g/mol. The largest absolute Gasteiger partial charge is 0.502 e. The van der Waals surface area contributed by atoms with Crippen LogP contribution >= 0.6 is 23.4 Å². The van der Waals surface area contributed by atoms with E-state index in [1.54, 1.807) is 53.4 Å². The molecule has 0 radical (unpaired) electrons. The molecule has 0 spiro atoms. The molecular weight excluding hydrogens is 294 g/mol. The molecule has 0 aliphatic heterocycles. The van der Waals surface area contributed by atoms with E-state index in [1.807, 2.05) is 6.26 Å². The minimum atomic E-state index is -0.121. The van der Waals surface area contributed by atoms with E-state index in [0.717, 1.165) is 0 Å². The van der Waals surface area contributed by atoms with Gasteiger partial charge in [-0.1, -0.05) is 23.4 Å². The van der Waals surface area contributed by atoms with Gasteiger partial charge < -0.3 is 5.11 Å². The molecule has 0 saturated heterocycles. The summed E-state index contributed by atoms with van der Waals surface area (Å²) in [4.78, 5) is 12.0. The molecule has 5 heteroatoms. The van der Waals surface area contributed by atoms with Crippen molar-refractivity contribution in [3.8, 4) is 5.75 Å². The lowest BCUT2D eigenvalue weighted by Crippen LogP contribution is -2.28. The molecule has 102 valence electrons. The molecule has 1 heterocycles. The van der Waals surface area contributed by atoms with Gasteiger partial charge in [-0.15, -0.1) is 0 Å². The molecule has 1 aromatic carbocycles. The Bertz CT molecular complexity index is 653. The molecule has 2 aromatic rings. The Labute approximate surface area is 126 Å². The summed E-state index contributed by atoms with van der Waals surface area (Å²) in [5, 5.41) is 11.0. The van der Waals surface area contributed by atoms with Crippen LogP contribution < -0.4 is 4.57 Å². The minimum Gasteiger partial charge on any atom is -0.502 e. The molecule has 0 amide bonds. The molecule has 0 bridgehead atoms. The molecule has 0 aliphatic rings. The van der Waals surface area contributed by atoms with Crippen LogP contribution in [0.4, 0.5) is 0 Å². The maximum Gasteiger partial charge on any atom is 0.287 e. The lowest BCUT2D eigenvalue weighted by molar-refractivity contribution is -0.610. The average molecular weight is 307 g/mol. The third kappa shape index (κ3) is 3.40. The molecule has 0 aliphatic carbocycles. The van der Waals surface area contributed by atoms with Crippen molar-refractivity contribution in [2.24, 2.45) is 0 Å². The van der Waals surface area contributed by atoms with Gasteiger partial charge >= 0.3 is 0 Å². The van der Waals surface area contributed by atoms with Crippen molar-refractivity contribution in [2.75, 3.05) is 6.26 Å². The first-order valence-electron chi connectivity index (χ1n) is 5.87. The fourth-order valence-electron chi connectivity index (χ4n) is 1.68. The van der Waals surface area contributed by atoms with E-state index in [2.05, 4.69) is 0 Å². The average Bonchev–Trinajstić information content (AvgIpc) is 2.45. The number of rotatable bonds is 4. The second-order valence-corrected chi connectivity index (χ2v) is 5.23. The highest BCUT2D eigenvalue weighted by Crippen LogP contribution is 2.21. The van der Waals surface area contributed by atoms with E-state index < -0.39 is 0 Å². The van der Waals surface area contributed by atoms with Gasteiger partial charge in [-0.25, -0.2) is 0 Å². The van der Waals surface area contributed by atoms with Crippen molar-refractivity contribution >= 4 is 35.3 Å². The summed E-state index contributed by atoms with van der Waals surface area (Å²) in [5.41, 5.74) is 0.567. The number of aromatic nitrogens is 1. The molecule has 1 N–H and O–H groups in total. The summed E-state index contributed by atoms with van der Waals surface area (Å²) >= 11 is 7.19. The van der Waals surface area contributed by atoms with Crippen molar-refractivity contribution < 1.29 is 14.5 Å². The second-order valence-electron chi connectivity index (χ2n) is 4.00. The van der Waals surface area contributed by atoms with Crippen LogP contribution in [0, 0.1) is 0 Å². The smallest absolute Gasteiger partial charge is 0.287 e. The number of pyridine rings is 1. The first kappa shape index (κ1) is 14.6. The standard InChI is InChI=1S/C15H12ClNO2S/c1-20-15-14(19)3-2-9-17(15)10-8-13(18)11-4-6-12(16)7-5-11/h2-10H,1H3/p+1. The molecule has 20 heavy (non-hydrogen) atoms. The number of thioether (sulfide) groups is 1. The number of halogens is 1. The first-order valence-corrected chi connectivity index (χ1v) is 7.47. The molecule has 1 aromatic heterocycles. The summed E-state index contributed by atoms with van der Waals surface area (Å²) in [6.07, 6.45) is 6.72. The lowest BCUT2D eigenvalue weighted by Gasteiger charge is -1.98. The van der Waals surface area contributed by atoms with Crippen LogP contribution in [0.2, 0.25) is 5.02 Å². The van der Waals surface area contributed by atoms with Gasteiger partial charge in [-0.2, -0.15) is 4.57 Å². The van der Waals surface area contributed by atoms with Crippen molar-refractivity contribution in [2.45, 2.75) is 5.03 Å². The highest BCUT2D eigenvalue weighted by atomic mass is 35.5. The quantitative estimate of drug-likeness (QED) is 0.407. The first-order chi connectivity index (χ1) is 9.61. The predicted octanol–water partition coefficient (Wildman–Crippen LogP) is 3.41. The van der Waals surface area contributed by atoms with Gasteiger partial charge in [0.2, 0.25) is 0 Å². The summed E-state index contributed by atoms with van der Waals surface area (Å²) < 4.78 is 1.70. The van der Waals surface area contributed by atoms with Gasteiger partial charge in [0.15, 0.2) is 23.9 Å². The predicted molar refractivity (Wildman–Crippen MR) is 81.2 cm³/mol. The van der Waals surface area contributed by atoms with E-state index in [-0.39, 0.29) is 11.5 Å². The minimum absolute atomic E-state index is 0.121. The summed E-state index contributed by atoms with van der Waals surface area (Å²) in [6.45, 7) is 0. The van der Waals surface area contributed by atoms with Crippen LogP contribution in [0.5, 0.6) is 5.75 Å². The number of carbonyl (C=O) groups excluding carboxylic acids is 1. The maximum atomic E-state index is 12.0. The third-order valence-corrected chi connectivity index (χ3v) is 3.72. The molecule has 0 atom stereocenters. The molecule has 0 saturated carbocycles. The van der Waals surface area contributed by atoms with Crippen LogP contribution in [0.3, 0.4) is 0 Å². The number of aromatic hydroxyl groups is 1. The third-order valence-electron chi connectivity index (χ3n) is 2.66. The Morgan fingerprint density at radius 2 is 2.00 bits per heavy atom.